The van der Waals surface area contributed by atoms with Gasteiger partial charge in [0, 0.05) is 37.2 Å². The number of nitriles is 1. The SMILES string of the molecule is Cc1cc(-c2c(C)cc(C#N)cc2C)cc([C@H](CC(=O)O)NC(=O)[C@H](CC(C)C)n2nc(CCN3CC(F)C3)cc(C)c2=O)c1F. The Bertz CT molecular complexity index is 1720. The summed E-state index contributed by atoms with van der Waals surface area (Å²) < 4.78 is 30.2. The summed E-state index contributed by atoms with van der Waals surface area (Å²) in [6, 6.07) is 8.13. The number of nitrogens with one attached hydrogen (secondary N) is 1. The Labute approximate surface area is 267 Å². The zero-order valence-corrected chi connectivity index (χ0v) is 27.2. The first kappa shape index (κ1) is 34.4. The van der Waals surface area contributed by atoms with Gasteiger partial charge < -0.3 is 10.4 Å². The van der Waals surface area contributed by atoms with Crippen molar-refractivity contribution >= 4 is 11.9 Å². The molecule has 0 spiro atoms. The van der Waals surface area contributed by atoms with Crippen molar-refractivity contribution in [3.63, 3.8) is 0 Å². The summed E-state index contributed by atoms with van der Waals surface area (Å²) >= 11 is 0. The number of carbonyl (C=O) groups is 2. The van der Waals surface area contributed by atoms with Gasteiger partial charge in [0.1, 0.15) is 18.0 Å². The van der Waals surface area contributed by atoms with Gasteiger partial charge in [-0.05, 0) is 98.2 Å². The largest absolute Gasteiger partial charge is 0.481 e. The molecule has 3 aromatic rings. The molecular weight excluding hydrogens is 592 g/mol. The molecule has 1 aliphatic heterocycles. The molecule has 0 unspecified atom stereocenters. The Morgan fingerprint density at radius 1 is 1.07 bits per heavy atom. The maximum absolute atomic E-state index is 15.8. The smallest absolute Gasteiger partial charge is 0.305 e. The van der Waals surface area contributed by atoms with Crippen LogP contribution in [0.2, 0.25) is 0 Å². The van der Waals surface area contributed by atoms with Crippen molar-refractivity contribution in [3.8, 4) is 17.2 Å². The highest BCUT2D eigenvalue weighted by Gasteiger charge is 2.31. The summed E-state index contributed by atoms with van der Waals surface area (Å²) in [5, 5.41) is 26.5. The van der Waals surface area contributed by atoms with Crippen molar-refractivity contribution in [1.29, 1.82) is 5.26 Å². The molecule has 4 rings (SSSR count). The fourth-order valence-corrected chi connectivity index (χ4v) is 6.12. The standard InChI is InChI=1S/C35H41F2N5O4/c1-19(2)9-30(42-35(46)23(6)13-27(40-42)7-8-41-17-26(36)18-41)34(45)39-29(15-31(43)44)28-14-25(12-22(5)33(28)37)32-20(3)10-24(16-38)11-21(32)4/h10-14,19,26,29-30H,7-9,15,17-18H2,1-6H3,(H,39,45)(H,43,44)/t29-,30-/m0/s1. The predicted molar refractivity (Wildman–Crippen MR) is 171 cm³/mol. The van der Waals surface area contributed by atoms with Crippen molar-refractivity contribution in [2.75, 3.05) is 19.6 Å². The van der Waals surface area contributed by atoms with Crippen LogP contribution in [0.25, 0.3) is 11.1 Å². The first-order valence-corrected chi connectivity index (χ1v) is 15.5. The summed E-state index contributed by atoms with van der Waals surface area (Å²) in [4.78, 5) is 41.3. The minimum Gasteiger partial charge on any atom is -0.481 e. The number of aryl methyl sites for hydroxylation is 4. The Balaban J connectivity index is 1.73. The molecule has 9 nitrogen and oxygen atoms in total. The van der Waals surface area contributed by atoms with E-state index in [-0.39, 0.29) is 23.5 Å². The monoisotopic (exact) mass is 633 g/mol. The average Bonchev–Trinajstić information content (AvgIpc) is 2.95. The first-order valence-electron chi connectivity index (χ1n) is 15.5. The van der Waals surface area contributed by atoms with Gasteiger partial charge in [-0.15, -0.1) is 0 Å². The molecule has 1 aromatic heterocycles. The summed E-state index contributed by atoms with van der Waals surface area (Å²) in [5.41, 5.74) is 4.26. The van der Waals surface area contributed by atoms with Gasteiger partial charge in [0.25, 0.3) is 5.56 Å². The molecule has 2 N–H and O–H groups in total. The number of hydrogen-bond acceptors (Lipinski definition) is 6. The minimum atomic E-state index is -1.25. The lowest BCUT2D eigenvalue weighted by atomic mass is 9.89. The second-order valence-electron chi connectivity index (χ2n) is 12.8. The fourth-order valence-electron chi connectivity index (χ4n) is 6.12. The molecule has 1 aliphatic rings. The molecule has 11 heteroatoms. The van der Waals surface area contributed by atoms with Crippen molar-refractivity contribution in [1.82, 2.24) is 20.0 Å². The number of alkyl halides is 1. The van der Waals surface area contributed by atoms with E-state index in [1.54, 1.807) is 44.2 Å². The first-order chi connectivity index (χ1) is 21.7. The lowest BCUT2D eigenvalue weighted by Gasteiger charge is -2.34. The van der Waals surface area contributed by atoms with Gasteiger partial charge in [0.2, 0.25) is 5.91 Å². The third-order valence-electron chi connectivity index (χ3n) is 8.36. The summed E-state index contributed by atoms with van der Waals surface area (Å²) in [6.45, 7) is 11.9. The Hall–Kier alpha value is -4.43. The molecule has 0 aliphatic carbocycles. The van der Waals surface area contributed by atoms with Crippen LogP contribution >= 0.6 is 0 Å². The quantitative estimate of drug-likeness (QED) is 0.278. The Morgan fingerprint density at radius 2 is 1.72 bits per heavy atom. The predicted octanol–water partition coefficient (Wildman–Crippen LogP) is 5.27. The van der Waals surface area contributed by atoms with E-state index >= 15 is 4.39 Å². The molecule has 0 bridgehead atoms. The summed E-state index contributed by atoms with van der Waals surface area (Å²) in [7, 11) is 0. The molecule has 1 fully saturated rings. The molecule has 0 radical (unpaired) electrons. The van der Waals surface area contributed by atoms with Crippen molar-refractivity contribution in [2.45, 2.75) is 79.1 Å². The van der Waals surface area contributed by atoms with Crippen LogP contribution in [0.5, 0.6) is 0 Å². The number of aliphatic carboxylic acids is 1. The van der Waals surface area contributed by atoms with E-state index in [2.05, 4.69) is 16.5 Å². The third-order valence-corrected chi connectivity index (χ3v) is 8.36. The van der Waals surface area contributed by atoms with E-state index in [4.69, 9.17) is 0 Å². The lowest BCUT2D eigenvalue weighted by Crippen LogP contribution is -2.49. The topological polar surface area (TPSA) is 128 Å². The maximum Gasteiger partial charge on any atom is 0.305 e. The van der Waals surface area contributed by atoms with E-state index in [1.807, 2.05) is 32.6 Å². The normalized spacial score (nSPS) is 14.9. The van der Waals surface area contributed by atoms with Crippen molar-refractivity contribution < 1.29 is 23.5 Å². The van der Waals surface area contributed by atoms with Crippen molar-refractivity contribution in [2.24, 2.45) is 5.92 Å². The third kappa shape index (κ3) is 7.85. The van der Waals surface area contributed by atoms with Crippen molar-refractivity contribution in [3.05, 3.63) is 85.6 Å². The van der Waals surface area contributed by atoms with Gasteiger partial charge in [-0.3, -0.25) is 19.3 Å². The second kappa shape index (κ2) is 14.3. The van der Waals surface area contributed by atoms with Crippen LogP contribution in [0.4, 0.5) is 8.78 Å². The van der Waals surface area contributed by atoms with E-state index in [1.165, 1.54) is 0 Å². The number of aromatic nitrogens is 2. The number of carboxylic acids is 1. The zero-order valence-electron chi connectivity index (χ0n) is 27.2. The van der Waals surface area contributed by atoms with Crippen LogP contribution in [-0.4, -0.2) is 57.5 Å². The molecule has 0 saturated carbocycles. The number of hydrogen-bond donors (Lipinski definition) is 2. The second-order valence-corrected chi connectivity index (χ2v) is 12.8. The van der Waals surface area contributed by atoms with Crippen LogP contribution < -0.4 is 10.9 Å². The van der Waals surface area contributed by atoms with Gasteiger partial charge >= 0.3 is 5.97 Å². The van der Waals surface area contributed by atoms with Gasteiger partial charge in [0.15, 0.2) is 0 Å². The fraction of sp³-hybridized carbons (Fsp3) is 0.457. The number of amides is 1. The molecule has 1 amide bonds. The van der Waals surface area contributed by atoms with Crippen LogP contribution in [-0.2, 0) is 16.0 Å². The summed E-state index contributed by atoms with van der Waals surface area (Å²) in [5.74, 6) is -2.58. The summed E-state index contributed by atoms with van der Waals surface area (Å²) in [6.07, 6.45) is -0.759. The molecule has 2 atom stereocenters. The molecule has 244 valence electrons. The lowest BCUT2D eigenvalue weighted by molar-refractivity contribution is -0.138. The highest BCUT2D eigenvalue weighted by Crippen LogP contribution is 2.34. The number of nitrogens with zero attached hydrogens (tertiary/aromatic N) is 4. The Morgan fingerprint density at radius 3 is 2.28 bits per heavy atom. The molecule has 46 heavy (non-hydrogen) atoms. The maximum atomic E-state index is 15.8. The molecule has 1 saturated heterocycles. The zero-order chi connectivity index (χ0) is 33.9. The highest BCUT2D eigenvalue weighted by molar-refractivity contribution is 5.82. The number of carboxylic acid groups (broad SMARTS) is 1. The number of carbonyl (C=O) groups excluding carboxylic acids is 1. The van der Waals surface area contributed by atoms with E-state index in [0.29, 0.717) is 48.4 Å². The van der Waals surface area contributed by atoms with Gasteiger partial charge in [-0.25, -0.2) is 13.5 Å². The number of rotatable bonds is 12. The minimum absolute atomic E-state index is 0.00293. The number of likely N-dealkylation sites (tertiary alicyclic amines) is 1. The number of halogens is 2. The van der Waals surface area contributed by atoms with E-state index < -0.39 is 47.9 Å². The van der Waals surface area contributed by atoms with Crippen LogP contribution in [0.1, 0.15) is 77.8 Å². The van der Waals surface area contributed by atoms with Crippen LogP contribution in [0.3, 0.4) is 0 Å². The van der Waals surface area contributed by atoms with E-state index in [9.17, 15) is 29.1 Å². The van der Waals surface area contributed by atoms with Crippen LogP contribution in [0.15, 0.2) is 35.1 Å². The van der Waals surface area contributed by atoms with Gasteiger partial charge in [0.05, 0.1) is 29.8 Å². The van der Waals surface area contributed by atoms with Gasteiger partial charge in [-0.2, -0.15) is 10.4 Å². The van der Waals surface area contributed by atoms with E-state index in [0.717, 1.165) is 21.4 Å². The van der Waals surface area contributed by atoms with Crippen LogP contribution in [0, 0.1) is 50.8 Å². The number of benzene rings is 2. The average molecular weight is 634 g/mol. The highest BCUT2D eigenvalue weighted by atomic mass is 19.1. The van der Waals surface area contributed by atoms with Gasteiger partial charge in [-0.1, -0.05) is 13.8 Å². The molecule has 2 heterocycles. The Kier molecular flexibility index (Phi) is 10.7. The molecular formula is C35H41F2N5O4. The molecule has 2 aromatic carbocycles.